The summed E-state index contributed by atoms with van der Waals surface area (Å²) in [6.07, 6.45) is 1.43. The van der Waals surface area contributed by atoms with E-state index in [9.17, 15) is 14.7 Å². The largest absolute Gasteiger partial charge is 0.549 e. The number of hydrogen-bond acceptors (Lipinski definition) is 6. The van der Waals surface area contributed by atoms with Crippen molar-refractivity contribution in [2.75, 3.05) is 5.75 Å². The van der Waals surface area contributed by atoms with Gasteiger partial charge in [-0.1, -0.05) is 30.0 Å². The number of fused-ring (bicyclic) bond motifs is 1. The Morgan fingerprint density at radius 3 is 2.81 bits per heavy atom. The van der Waals surface area contributed by atoms with Crippen LogP contribution in [0.25, 0.3) is 16.7 Å². The number of H-pyrrole nitrogens is 1. The SMILES string of the molecule is O=C([O-])CSc1nc2c(cnn2-c2ccccc2)c(=O)[nH]1. The third-order valence-corrected chi connectivity index (χ3v) is 3.59. The second-order valence-electron chi connectivity index (χ2n) is 4.16. The Balaban J connectivity index is 2.11. The van der Waals surface area contributed by atoms with Gasteiger partial charge in [-0.15, -0.1) is 0 Å². The van der Waals surface area contributed by atoms with Crippen LogP contribution in [0.5, 0.6) is 0 Å². The summed E-state index contributed by atoms with van der Waals surface area (Å²) in [6, 6.07) is 9.24. The number of hydrogen-bond donors (Lipinski definition) is 1. The topological polar surface area (TPSA) is 104 Å². The van der Waals surface area contributed by atoms with Crippen molar-refractivity contribution < 1.29 is 9.90 Å². The molecule has 8 heteroatoms. The van der Waals surface area contributed by atoms with Gasteiger partial charge in [0.25, 0.3) is 5.56 Å². The van der Waals surface area contributed by atoms with Gasteiger partial charge in [0.1, 0.15) is 5.39 Å². The van der Waals surface area contributed by atoms with Gasteiger partial charge in [-0.25, -0.2) is 9.67 Å². The Kier molecular flexibility index (Phi) is 3.44. The molecule has 0 aliphatic rings. The highest BCUT2D eigenvalue weighted by Crippen LogP contribution is 2.17. The van der Waals surface area contributed by atoms with Gasteiger partial charge < -0.3 is 14.9 Å². The van der Waals surface area contributed by atoms with Crippen molar-refractivity contribution in [1.29, 1.82) is 0 Å². The number of rotatable bonds is 4. The van der Waals surface area contributed by atoms with E-state index in [0.29, 0.717) is 11.0 Å². The van der Waals surface area contributed by atoms with Crippen LogP contribution in [0.3, 0.4) is 0 Å². The fourth-order valence-electron chi connectivity index (χ4n) is 1.85. The molecule has 0 bridgehead atoms. The summed E-state index contributed by atoms with van der Waals surface area (Å²) in [4.78, 5) is 29.2. The normalized spacial score (nSPS) is 10.9. The van der Waals surface area contributed by atoms with Crippen molar-refractivity contribution in [2.24, 2.45) is 0 Å². The number of carboxylic acid groups (broad SMARTS) is 1. The monoisotopic (exact) mass is 301 g/mol. The zero-order chi connectivity index (χ0) is 14.8. The molecular formula is C13H9N4O3S-. The van der Waals surface area contributed by atoms with Gasteiger partial charge in [-0.2, -0.15) is 5.10 Å². The van der Waals surface area contributed by atoms with Crippen molar-refractivity contribution in [1.82, 2.24) is 19.7 Å². The number of nitrogens with one attached hydrogen (secondary N) is 1. The van der Waals surface area contributed by atoms with E-state index in [0.717, 1.165) is 17.4 Å². The fourth-order valence-corrected chi connectivity index (χ4v) is 2.42. The molecule has 0 saturated heterocycles. The molecule has 0 atom stereocenters. The van der Waals surface area contributed by atoms with Crippen LogP contribution < -0.4 is 10.7 Å². The molecule has 3 aromatic rings. The molecule has 0 saturated carbocycles. The van der Waals surface area contributed by atoms with Crippen LogP contribution >= 0.6 is 11.8 Å². The third kappa shape index (κ3) is 2.65. The zero-order valence-corrected chi connectivity index (χ0v) is 11.5. The van der Waals surface area contributed by atoms with E-state index < -0.39 is 5.97 Å². The van der Waals surface area contributed by atoms with Crippen molar-refractivity contribution in [3.8, 4) is 5.69 Å². The van der Waals surface area contributed by atoms with Gasteiger partial charge in [0.05, 0.1) is 17.9 Å². The highest BCUT2D eigenvalue weighted by atomic mass is 32.2. The van der Waals surface area contributed by atoms with Crippen LogP contribution in [0.4, 0.5) is 0 Å². The third-order valence-electron chi connectivity index (χ3n) is 2.74. The van der Waals surface area contributed by atoms with Crippen molar-refractivity contribution in [3.63, 3.8) is 0 Å². The molecule has 1 aromatic carbocycles. The van der Waals surface area contributed by atoms with E-state index in [1.54, 1.807) is 0 Å². The first-order chi connectivity index (χ1) is 10.1. The molecule has 7 nitrogen and oxygen atoms in total. The molecule has 2 aromatic heterocycles. The zero-order valence-electron chi connectivity index (χ0n) is 10.6. The summed E-state index contributed by atoms with van der Waals surface area (Å²) in [6.45, 7) is 0. The van der Waals surface area contributed by atoms with E-state index in [1.165, 1.54) is 10.9 Å². The van der Waals surface area contributed by atoms with Gasteiger partial charge >= 0.3 is 0 Å². The minimum Gasteiger partial charge on any atom is -0.549 e. The lowest BCUT2D eigenvalue weighted by atomic mass is 10.3. The summed E-state index contributed by atoms with van der Waals surface area (Å²) in [7, 11) is 0. The van der Waals surface area contributed by atoms with Crippen molar-refractivity contribution in [2.45, 2.75) is 5.16 Å². The quantitative estimate of drug-likeness (QED) is 0.535. The van der Waals surface area contributed by atoms with E-state index in [1.807, 2.05) is 30.3 Å². The first kappa shape index (κ1) is 13.4. The van der Waals surface area contributed by atoms with Gasteiger partial charge in [-0.05, 0) is 12.1 Å². The maximum atomic E-state index is 12.0. The average molecular weight is 301 g/mol. The van der Waals surface area contributed by atoms with Crippen molar-refractivity contribution in [3.05, 3.63) is 46.9 Å². The van der Waals surface area contributed by atoms with Crippen LogP contribution in [0.2, 0.25) is 0 Å². The van der Waals surface area contributed by atoms with Gasteiger partial charge in [-0.3, -0.25) is 4.79 Å². The molecular weight excluding hydrogens is 292 g/mol. The Morgan fingerprint density at radius 2 is 2.10 bits per heavy atom. The Hall–Kier alpha value is -2.61. The standard InChI is InChI=1S/C13H10N4O3S/c18-10(19)7-21-13-15-11-9(12(20)16-13)6-14-17(11)8-4-2-1-3-5-8/h1-6H,7H2,(H,18,19)(H,15,16,20)/p-1. The van der Waals surface area contributed by atoms with Gasteiger partial charge in [0, 0.05) is 5.75 Å². The van der Waals surface area contributed by atoms with Crippen LogP contribution in [0.15, 0.2) is 46.5 Å². The molecule has 21 heavy (non-hydrogen) atoms. The molecule has 0 unspecified atom stereocenters. The van der Waals surface area contributed by atoms with Gasteiger partial charge in [0.15, 0.2) is 10.8 Å². The number of carbonyl (C=O) groups excluding carboxylic acids is 1. The van der Waals surface area contributed by atoms with Crippen LogP contribution in [0.1, 0.15) is 0 Å². The predicted octanol–water partition coefficient (Wildman–Crippen LogP) is -0.0492. The molecule has 1 N–H and O–H groups in total. The molecule has 0 fully saturated rings. The average Bonchev–Trinajstić information content (AvgIpc) is 2.90. The lowest BCUT2D eigenvalue weighted by molar-refractivity contribution is -0.301. The number of para-hydroxylation sites is 1. The van der Waals surface area contributed by atoms with Crippen LogP contribution in [-0.2, 0) is 4.79 Å². The highest BCUT2D eigenvalue weighted by Gasteiger charge is 2.11. The van der Waals surface area contributed by atoms with Gasteiger partial charge in [0.2, 0.25) is 0 Å². The van der Waals surface area contributed by atoms with E-state index >= 15 is 0 Å². The molecule has 0 aliphatic heterocycles. The molecule has 3 rings (SSSR count). The Bertz CT molecular complexity index is 857. The van der Waals surface area contributed by atoms with Crippen molar-refractivity contribution >= 4 is 28.8 Å². The van der Waals surface area contributed by atoms with E-state index in [-0.39, 0.29) is 16.5 Å². The lowest BCUT2D eigenvalue weighted by Crippen LogP contribution is -2.24. The Labute approximate surface area is 122 Å². The first-order valence-electron chi connectivity index (χ1n) is 6.01. The predicted molar refractivity (Wildman–Crippen MR) is 75.2 cm³/mol. The molecule has 0 aliphatic carbocycles. The fraction of sp³-hybridized carbons (Fsp3) is 0.0769. The minimum absolute atomic E-state index is 0.217. The lowest BCUT2D eigenvalue weighted by Gasteiger charge is -2.04. The summed E-state index contributed by atoms with van der Waals surface area (Å²) in [5.74, 6) is -1.51. The summed E-state index contributed by atoms with van der Waals surface area (Å²) in [5.41, 5.74) is 0.787. The molecule has 0 radical (unpaired) electrons. The maximum Gasteiger partial charge on any atom is 0.262 e. The first-order valence-corrected chi connectivity index (χ1v) is 7.00. The molecule has 0 amide bonds. The number of carbonyl (C=O) groups is 1. The molecule has 0 spiro atoms. The summed E-state index contributed by atoms with van der Waals surface area (Å²) in [5, 5.41) is 15.2. The smallest absolute Gasteiger partial charge is 0.262 e. The number of benzene rings is 1. The van der Waals surface area contributed by atoms with E-state index in [4.69, 9.17) is 0 Å². The maximum absolute atomic E-state index is 12.0. The number of aromatic amines is 1. The number of nitrogens with zero attached hydrogens (tertiary/aromatic N) is 3. The number of carboxylic acids is 1. The highest BCUT2D eigenvalue weighted by molar-refractivity contribution is 7.99. The minimum atomic E-state index is -1.22. The molecule has 106 valence electrons. The second-order valence-corrected chi connectivity index (χ2v) is 5.13. The van der Waals surface area contributed by atoms with E-state index in [2.05, 4.69) is 15.1 Å². The second kappa shape index (κ2) is 5.41. The number of aromatic nitrogens is 4. The number of aliphatic carboxylic acids is 1. The van der Waals surface area contributed by atoms with Crippen LogP contribution in [0, 0.1) is 0 Å². The molecule has 2 heterocycles. The summed E-state index contributed by atoms with van der Waals surface area (Å²) >= 11 is 0.895. The van der Waals surface area contributed by atoms with Crippen LogP contribution in [-0.4, -0.2) is 31.5 Å². The summed E-state index contributed by atoms with van der Waals surface area (Å²) < 4.78 is 1.54. The number of thioether (sulfide) groups is 1. The Morgan fingerprint density at radius 1 is 1.33 bits per heavy atom.